The minimum atomic E-state index is -0.262. The third-order valence-corrected chi connectivity index (χ3v) is 2.25. The van der Waals surface area contributed by atoms with Crippen molar-refractivity contribution in [2.75, 3.05) is 39.3 Å². The van der Waals surface area contributed by atoms with Gasteiger partial charge in [0.1, 0.15) is 0 Å². The molecule has 0 aliphatic rings. The smallest absolute Gasteiger partial charge is 0.324 e. The molecule has 1 heterocycles. The van der Waals surface area contributed by atoms with Crippen LogP contribution in [0.25, 0.3) is 0 Å². The number of rotatable bonds is 7. The SMILES string of the molecule is CCOC(=O)CCN(C)c1nc(OC)nc(OC)n1. The second-order valence-electron chi connectivity index (χ2n) is 3.59. The summed E-state index contributed by atoms with van der Waals surface area (Å²) in [6.45, 7) is 2.56. The number of carbonyl (C=O) groups excluding carboxylic acids is 1. The molecule has 0 saturated carbocycles. The van der Waals surface area contributed by atoms with Crippen LogP contribution in [-0.4, -0.2) is 55.3 Å². The second kappa shape index (κ2) is 7.34. The first kappa shape index (κ1) is 14.9. The van der Waals surface area contributed by atoms with Gasteiger partial charge in [-0.2, -0.15) is 9.97 Å². The predicted molar refractivity (Wildman–Crippen MR) is 67.5 cm³/mol. The highest BCUT2D eigenvalue weighted by molar-refractivity contribution is 5.70. The fourth-order valence-electron chi connectivity index (χ4n) is 1.27. The van der Waals surface area contributed by atoms with Crippen LogP contribution in [-0.2, 0) is 9.53 Å². The maximum absolute atomic E-state index is 11.3. The first-order valence-corrected chi connectivity index (χ1v) is 5.81. The molecule has 19 heavy (non-hydrogen) atoms. The number of hydrogen-bond acceptors (Lipinski definition) is 8. The zero-order chi connectivity index (χ0) is 14.3. The van der Waals surface area contributed by atoms with Crippen molar-refractivity contribution in [3.05, 3.63) is 0 Å². The van der Waals surface area contributed by atoms with E-state index in [-0.39, 0.29) is 24.4 Å². The van der Waals surface area contributed by atoms with Gasteiger partial charge in [-0.3, -0.25) is 4.79 Å². The molecule has 1 rings (SSSR count). The Hall–Kier alpha value is -2.12. The van der Waals surface area contributed by atoms with Gasteiger partial charge in [0.25, 0.3) is 0 Å². The lowest BCUT2D eigenvalue weighted by atomic mass is 10.4. The van der Waals surface area contributed by atoms with Crippen molar-refractivity contribution in [2.24, 2.45) is 0 Å². The summed E-state index contributed by atoms with van der Waals surface area (Å²) in [5, 5.41) is 0. The van der Waals surface area contributed by atoms with Crippen LogP contribution in [0.3, 0.4) is 0 Å². The van der Waals surface area contributed by atoms with Crippen LogP contribution in [0.15, 0.2) is 0 Å². The molecule has 0 fully saturated rings. The molecular weight excluding hydrogens is 252 g/mol. The van der Waals surface area contributed by atoms with Gasteiger partial charge in [0, 0.05) is 13.6 Å². The fraction of sp³-hybridized carbons (Fsp3) is 0.636. The summed E-state index contributed by atoms with van der Waals surface area (Å²) in [4.78, 5) is 25.0. The highest BCUT2D eigenvalue weighted by Gasteiger charge is 2.12. The van der Waals surface area contributed by atoms with E-state index in [0.29, 0.717) is 19.1 Å². The van der Waals surface area contributed by atoms with E-state index in [0.717, 1.165) is 0 Å². The molecule has 0 amide bonds. The molecule has 8 heteroatoms. The summed E-state index contributed by atoms with van der Waals surface area (Å²) >= 11 is 0. The number of esters is 1. The van der Waals surface area contributed by atoms with Crippen molar-refractivity contribution >= 4 is 11.9 Å². The topological polar surface area (TPSA) is 86.7 Å². The van der Waals surface area contributed by atoms with Gasteiger partial charge in [-0.1, -0.05) is 0 Å². The van der Waals surface area contributed by atoms with Crippen LogP contribution >= 0.6 is 0 Å². The summed E-state index contributed by atoms with van der Waals surface area (Å²) in [7, 11) is 4.67. The quantitative estimate of drug-likeness (QED) is 0.653. The molecule has 0 radical (unpaired) electrons. The average molecular weight is 270 g/mol. The van der Waals surface area contributed by atoms with E-state index in [2.05, 4.69) is 15.0 Å². The van der Waals surface area contributed by atoms with Gasteiger partial charge < -0.3 is 19.1 Å². The van der Waals surface area contributed by atoms with Gasteiger partial charge in [0.15, 0.2) is 0 Å². The molecule has 0 aromatic carbocycles. The van der Waals surface area contributed by atoms with Gasteiger partial charge >= 0.3 is 18.0 Å². The average Bonchev–Trinajstić information content (AvgIpc) is 2.44. The van der Waals surface area contributed by atoms with Gasteiger partial charge in [0.05, 0.1) is 27.2 Å². The number of aromatic nitrogens is 3. The van der Waals surface area contributed by atoms with Gasteiger partial charge in [-0.25, -0.2) is 0 Å². The molecule has 1 aromatic heterocycles. The van der Waals surface area contributed by atoms with Crippen molar-refractivity contribution in [3.63, 3.8) is 0 Å². The Morgan fingerprint density at radius 3 is 2.21 bits per heavy atom. The molecule has 0 unspecified atom stereocenters. The molecule has 0 aliphatic heterocycles. The first-order valence-electron chi connectivity index (χ1n) is 5.81. The Balaban J connectivity index is 2.70. The van der Waals surface area contributed by atoms with E-state index < -0.39 is 0 Å². The zero-order valence-corrected chi connectivity index (χ0v) is 11.5. The van der Waals surface area contributed by atoms with E-state index in [1.165, 1.54) is 14.2 Å². The number of anilines is 1. The zero-order valence-electron chi connectivity index (χ0n) is 11.5. The molecule has 0 atom stereocenters. The standard InChI is InChI=1S/C11H18N4O4/c1-5-19-8(16)6-7-15(2)9-12-10(17-3)14-11(13-9)18-4/h5-7H2,1-4H3. The predicted octanol–water partition coefficient (Wildman–Crippen LogP) is 0.278. The molecule has 8 nitrogen and oxygen atoms in total. The minimum Gasteiger partial charge on any atom is -0.467 e. The van der Waals surface area contributed by atoms with Gasteiger partial charge in [-0.05, 0) is 6.92 Å². The number of hydrogen-bond donors (Lipinski definition) is 0. The second-order valence-corrected chi connectivity index (χ2v) is 3.59. The van der Waals surface area contributed by atoms with Crippen LogP contribution in [0.2, 0.25) is 0 Å². The first-order chi connectivity index (χ1) is 9.10. The maximum Gasteiger partial charge on any atom is 0.324 e. The largest absolute Gasteiger partial charge is 0.467 e. The lowest BCUT2D eigenvalue weighted by Gasteiger charge is -2.16. The van der Waals surface area contributed by atoms with Crippen LogP contribution in [0, 0.1) is 0 Å². The Morgan fingerprint density at radius 2 is 1.74 bits per heavy atom. The Labute approximate surface area is 111 Å². The Morgan fingerprint density at radius 1 is 1.16 bits per heavy atom. The third-order valence-electron chi connectivity index (χ3n) is 2.25. The van der Waals surface area contributed by atoms with E-state index in [1.807, 2.05) is 0 Å². The molecule has 0 aliphatic carbocycles. The van der Waals surface area contributed by atoms with Crippen molar-refractivity contribution < 1.29 is 19.0 Å². The van der Waals surface area contributed by atoms with E-state index in [9.17, 15) is 4.79 Å². The Kier molecular flexibility index (Phi) is 5.77. The summed E-state index contributed by atoms with van der Waals surface area (Å²) < 4.78 is 14.8. The molecule has 106 valence electrons. The molecule has 1 aromatic rings. The minimum absolute atomic E-state index is 0.157. The fourth-order valence-corrected chi connectivity index (χ4v) is 1.27. The highest BCUT2D eigenvalue weighted by Crippen LogP contribution is 2.14. The number of nitrogens with zero attached hydrogens (tertiary/aromatic N) is 4. The molecule has 0 spiro atoms. The van der Waals surface area contributed by atoms with Crippen LogP contribution in [0.1, 0.15) is 13.3 Å². The number of carbonyl (C=O) groups is 1. The van der Waals surface area contributed by atoms with Crippen molar-refractivity contribution in [1.82, 2.24) is 15.0 Å². The molecule has 0 bridgehead atoms. The summed E-state index contributed by atoms with van der Waals surface area (Å²) in [6.07, 6.45) is 0.251. The summed E-state index contributed by atoms with van der Waals surface area (Å²) in [5.74, 6) is 0.107. The normalized spacial score (nSPS) is 9.89. The van der Waals surface area contributed by atoms with Crippen molar-refractivity contribution in [2.45, 2.75) is 13.3 Å². The number of methoxy groups -OCH3 is 2. The lowest BCUT2D eigenvalue weighted by Crippen LogP contribution is -2.24. The molecular formula is C11H18N4O4. The lowest BCUT2D eigenvalue weighted by molar-refractivity contribution is -0.142. The van der Waals surface area contributed by atoms with Gasteiger partial charge in [0.2, 0.25) is 5.95 Å². The number of ether oxygens (including phenoxy) is 3. The molecule has 0 saturated heterocycles. The monoisotopic (exact) mass is 270 g/mol. The highest BCUT2D eigenvalue weighted by atomic mass is 16.5. The van der Waals surface area contributed by atoms with Crippen LogP contribution in [0.4, 0.5) is 5.95 Å². The van der Waals surface area contributed by atoms with Crippen LogP contribution in [0.5, 0.6) is 12.0 Å². The Bertz CT molecular complexity index is 405. The van der Waals surface area contributed by atoms with Crippen molar-refractivity contribution in [1.29, 1.82) is 0 Å². The van der Waals surface area contributed by atoms with E-state index in [1.54, 1.807) is 18.9 Å². The van der Waals surface area contributed by atoms with E-state index in [4.69, 9.17) is 14.2 Å². The van der Waals surface area contributed by atoms with Gasteiger partial charge in [-0.15, -0.1) is 4.98 Å². The van der Waals surface area contributed by atoms with Crippen molar-refractivity contribution in [3.8, 4) is 12.0 Å². The summed E-state index contributed by atoms with van der Waals surface area (Å²) in [5.41, 5.74) is 0. The maximum atomic E-state index is 11.3. The van der Waals surface area contributed by atoms with Crippen LogP contribution < -0.4 is 14.4 Å². The summed E-state index contributed by atoms with van der Waals surface area (Å²) in [6, 6.07) is 0.315. The van der Waals surface area contributed by atoms with E-state index >= 15 is 0 Å². The third kappa shape index (κ3) is 4.57. The molecule has 0 N–H and O–H groups in total.